The summed E-state index contributed by atoms with van der Waals surface area (Å²) in [5, 5.41) is 5.51. The van der Waals surface area contributed by atoms with Crippen LogP contribution in [0, 0.1) is 5.92 Å². The van der Waals surface area contributed by atoms with Gasteiger partial charge in [0.05, 0.1) is 0 Å². The lowest BCUT2D eigenvalue weighted by Crippen LogP contribution is -2.33. The average molecular weight is 240 g/mol. The minimum absolute atomic E-state index is 0.129. The fourth-order valence-corrected chi connectivity index (χ4v) is 1.98. The zero-order valence-corrected chi connectivity index (χ0v) is 10.7. The zero-order valence-electron chi connectivity index (χ0n) is 10.7. The van der Waals surface area contributed by atoms with Crippen molar-refractivity contribution in [1.82, 2.24) is 10.6 Å². The fourth-order valence-electron chi connectivity index (χ4n) is 1.98. The van der Waals surface area contributed by atoms with Crippen molar-refractivity contribution in [2.75, 3.05) is 19.8 Å². The second-order valence-electron chi connectivity index (χ2n) is 4.35. The molecule has 0 aliphatic heterocycles. The van der Waals surface area contributed by atoms with Gasteiger partial charge in [-0.2, -0.15) is 0 Å². The first-order valence-corrected chi connectivity index (χ1v) is 6.61. The van der Waals surface area contributed by atoms with E-state index in [0.717, 1.165) is 13.0 Å². The Balaban J connectivity index is 1.96. The van der Waals surface area contributed by atoms with Crippen LogP contribution in [0.2, 0.25) is 0 Å². The van der Waals surface area contributed by atoms with Crippen LogP contribution >= 0.6 is 0 Å². The van der Waals surface area contributed by atoms with E-state index in [0.29, 0.717) is 19.1 Å². The molecule has 0 atom stereocenters. The van der Waals surface area contributed by atoms with Crippen LogP contribution in [0.1, 0.15) is 39.0 Å². The monoisotopic (exact) mass is 240 g/mol. The van der Waals surface area contributed by atoms with Crippen LogP contribution in [0.5, 0.6) is 0 Å². The van der Waals surface area contributed by atoms with E-state index >= 15 is 0 Å². The smallest absolute Gasteiger partial charge is 0.318 e. The molecule has 2 amide bonds. The Kier molecular flexibility index (Phi) is 7.47. The lowest BCUT2D eigenvalue weighted by Gasteiger charge is -2.05. The Bertz CT molecular complexity index is 236. The molecule has 4 nitrogen and oxygen atoms in total. The average Bonchev–Trinajstić information content (AvgIpc) is 2.82. The van der Waals surface area contributed by atoms with Gasteiger partial charge in [0.2, 0.25) is 0 Å². The number of nitrogens with one attached hydrogen (secondary N) is 2. The Morgan fingerprint density at radius 2 is 2.18 bits per heavy atom. The summed E-state index contributed by atoms with van der Waals surface area (Å²) in [6, 6.07) is -0.129. The zero-order chi connectivity index (χ0) is 12.3. The maximum Gasteiger partial charge on any atom is 0.318 e. The summed E-state index contributed by atoms with van der Waals surface area (Å²) in [5.41, 5.74) is 0. The third kappa shape index (κ3) is 7.00. The Morgan fingerprint density at radius 3 is 2.88 bits per heavy atom. The summed E-state index contributed by atoms with van der Waals surface area (Å²) in [6.07, 6.45) is 9.88. The van der Waals surface area contributed by atoms with Crippen molar-refractivity contribution in [3.8, 4) is 0 Å². The second kappa shape index (κ2) is 9.05. The Labute approximate surface area is 104 Å². The first kappa shape index (κ1) is 14.0. The van der Waals surface area contributed by atoms with Crippen LogP contribution in [-0.2, 0) is 4.74 Å². The minimum Gasteiger partial charge on any atom is -0.382 e. The van der Waals surface area contributed by atoms with Gasteiger partial charge in [0.15, 0.2) is 0 Å². The molecule has 1 fully saturated rings. The normalized spacial score (nSPS) is 16.5. The SMILES string of the molecule is CCOCCCNC(=O)N/C=C/C1CCCC1. The molecule has 2 N–H and O–H groups in total. The molecule has 0 aromatic carbocycles. The maximum absolute atomic E-state index is 11.3. The third-order valence-corrected chi connectivity index (χ3v) is 2.94. The number of carbonyl (C=O) groups excluding carboxylic acids is 1. The molecule has 0 aromatic rings. The number of allylic oxidation sites excluding steroid dienone is 1. The summed E-state index contributed by atoms with van der Waals surface area (Å²) >= 11 is 0. The van der Waals surface area contributed by atoms with Crippen molar-refractivity contribution in [1.29, 1.82) is 0 Å². The molecule has 0 unspecified atom stereocenters. The first-order valence-electron chi connectivity index (χ1n) is 6.61. The molecule has 17 heavy (non-hydrogen) atoms. The summed E-state index contributed by atoms with van der Waals surface area (Å²) < 4.78 is 5.18. The number of urea groups is 1. The number of hydrogen-bond acceptors (Lipinski definition) is 2. The predicted molar refractivity (Wildman–Crippen MR) is 68.7 cm³/mol. The van der Waals surface area contributed by atoms with Crippen LogP contribution < -0.4 is 10.6 Å². The fraction of sp³-hybridized carbons (Fsp3) is 0.769. The van der Waals surface area contributed by atoms with Crippen LogP contribution in [0.15, 0.2) is 12.3 Å². The molecule has 0 aromatic heterocycles. The van der Waals surface area contributed by atoms with E-state index in [1.807, 2.05) is 6.92 Å². The van der Waals surface area contributed by atoms with Gasteiger partial charge in [-0.1, -0.05) is 18.9 Å². The van der Waals surface area contributed by atoms with Gasteiger partial charge in [-0.25, -0.2) is 4.79 Å². The van der Waals surface area contributed by atoms with Crippen molar-refractivity contribution in [3.63, 3.8) is 0 Å². The maximum atomic E-state index is 11.3. The lowest BCUT2D eigenvalue weighted by molar-refractivity contribution is 0.145. The van der Waals surface area contributed by atoms with Gasteiger partial charge in [0.1, 0.15) is 0 Å². The van der Waals surface area contributed by atoms with Crippen molar-refractivity contribution in [2.45, 2.75) is 39.0 Å². The van der Waals surface area contributed by atoms with Crippen LogP contribution in [0.25, 0.3) is 0 Å². The molecule has 0 bridgehead atoms. The number of rotatable bonds is 7. The quantitative estimate of drug-likeness (QED) is 0.671. The first-order chi connectivity index (χ1) is 8.33. The topological polar surface area (TPSA) is 50.4 Å². The molecule has 4 heteroatoms. The Hall–Kier alpha value is -1.03. The van der Waals surface area contributed by atoms with Gasteiger partial charge >= 0.3 is 6.03 Å². The van der Waals surface area contributed by atoms with E-state index in [1.54, 1.807) is 6.20 Å². The van der Waals surface area contributed by atoms with Crippen molar-refractivity contribution in [2.24, 2.45) is 5.92 Å². The highest BCUT2D eigenvalue weighted by Gasteiger charge is 2.10. The van der Waals surface area contributed by atoms with E-state index in [4.69, 9.17) is 4.74 Å². The molecule has 1 rings (SSSR count). The number of ether oxygens (including phenoxy) is 1. The van der Waals surface area contributed by atoms with Gasteiger partial charge in [-0.05, 0) is 32.1 Å². The highest BCUT2D eigenvalue weighted by molar-refractivity contribution is 5.74. The third-order valence-electron chi connectivity index (χ3n) is 2.94. The second-order valence-corrected chi connectivity index (χ2v) is 4.35. The summed E-state index contributed by atoms with van der Waals surface area (Å²) in [7, 11) is 0. The molecule has 0 spiro atoms. The van der Waals surface area contributed by atoms with Gasteiger partial charge < -0.3 is 15.4 Å². The number of carbonyl (C=O) groups is 1. The molecule has 0 heterocycles. The Morgan fingerprint density at radius 1 is 1.41 bits per heavy atom. The molecule has 0 saturated heterocycles. The molecule has 1 aliphatic carbocycles. The molecular weight excluding hydrogens is 216 g/mol. The number of hydrogen-bond donors (Lipinski definition) is 2. The molecule has 98 valence electrons. The van der Waals surface area contributed by atoms with Crippen molar-refractivity contribution < 1.29 is 9.53 Å². The summed E-state index contributed by atoms with van der Waals surface area (Å²) in [5.74, 6) is 0.660. The highest BCUT2D eigenvalue weighted by atomic mass is 16.5. The van der Waals surface area contributed by atoms with Crippen molar-refractivity contribution >= 4 is 6.03 Å². The molecule has 0 radical (unpaired) electrons. The molecular formula is C13H24N2O2. The molecule has 1 saturated carbocycles. The van der Waals surface area contributed by atoms with E-state index in [2.05, 4.69) is 16.7 Å². The number of amides is 2. The highest BCUT2D eigenvalue weighted by Crippen LogP contribution is 2.25. The van der Waals surface area contributed by atoms with Gasteiger partial charge in [-0.15, -0.1) is 0 Å². The van der Waals surface area contributed by atoms with E-state index in [9.17, 15) is 4.79 Å². The van der Waals surface area contributed by atoms with E-state index in [1.165, 1.54) is 25.7 Å². The largest absolute Gasteiger partial charge is 0.382 e. The van der Waals surface area contributed by atoms with Gasteiger partial charge in [0, 0.05) is 26.0 Å². The van der Waals surface area contributed by atoms with E-state index in [-0.39, 0.29) is 6.03 Å². The lowest BCUT2D eigenvalue weighted by atomic mass is 10.1. The summed E-state index contributed by atoms with van der Waals surface area (Å²) in [6.45, 7) is 4.06. The predicted octanol–water partition coefficient (Wildman–Crippen LogP) is 2.42. The van der Waals surface area contributed by atoms with Crippen LogP contribution in [0.3, 0.4) is 0 Å². The standard InChI is InChI=1S/C13H24N2O2/c1-2-17-11-5-9-14-13(16)15-10-8-12-6-3-4-7-12/h8,10,12H,2-7,9,11H2,1H3,(H2,14,15,16)/b10-8+. The van der Waals surface area contributed by atoms with Gasteiger partial charge in [-0.3, -0.25) is 0 Å². The minimum atomic E-state index is -0.129. The van der Waals surface area contributed by atoms with E-state index < -0.39 is 0 Å². The van der Waals surface area contributed by atoms with Crippen LogP contribution in [-0.4, -0.2) is 25.8 Å². The van der Waals surface area contributed by atoms with Crippen molar-refractivity contribution in [3.05, 3.63) is 12.3 Å². The van der Waals surface area contributed by atoms with Gasteiger partial charge in [0.25, 0.3) is 0 Å². The molecule has 1 aliphatic rings. The van der Waals surface area contributed by atoms with Crippen LogP contribution in [0.4, 0.5) is 4.79 Å². The summed E-state index contributed by atoms with van der Waals surface area (Å²) in [4.78, 5) is 11.3.